The van der Waals surface area contributed by atoms with E-state index in [0.29, 0.717) is 23.1 Å². The third-order valence-electron chi connectivity index (χ3n) is 5.19. The van der Waals surface area contributed by atoms with Gasteiger partial charge in [0.25, 0.3) is 5.56 Å². The van der Waals surface area contributed by atoms with E-state index in [9.17, 15) is 19.5 Å². The number of para-hydroxylation sites is 1. The summed E-state index contributed by atoms with van der Waals surface area (Å²) in [4.78, 5) is 47.9. The number of pyridine rings is 1. The molecule has 0 aliphatic heterocycles. The van der Waals surface area contributed by atoms with Gasteiger partial charge >= 0.3 is 12.0 Å². The van der Waals surface area contributed by atoms with Crippen molar-refractivity contribution >= 4 is 40.5 Å². The Kier molecular flexibility index (Phi) is 7.66. The fourth-order valence-corrected chi connectivity index (χ4v) is 3.47. The Balaban J connectivity index is 1.42. The molecule has 36 heavy (non-hydrogen) atoms. The van der Waals surface area contributed by atoms with Crippen molar-refractivity contribution in [2.75, 3.05) is 17.2 Å². The Hall–Kier alpha value is -4.99. The molecule has 182 valence electrons. The third-order valence-corrected chi connectivity index (χ3v) is 5.19. The second-order valence-corrected chi connectivity index (χ2v) is 7.85. The average Bonchev–Trinajstić information content (AvgIpc) is 2.87. The summed E-state index contributed by atoms with van der Waals surface area (Å²) in [6.07, 6.45) is 5.30. The normalized spacial score (nSPS) is 11.8. The first kappa shape index (κ1) is 24.1. The van der Waals surface area contributed by atoms with E-state index in [0.717, 1.165) is 11.4 Å². The zero-order valence-electron chi connectivity index (χ0n) is 19.1. The first-order valence-electron chi connectivity index (χ1n) is 11.2. The number of nitrogens with zero attached hydrogens (tertiary/aromatic N) is 2. The molecule has 0 aliphatic rings. The van der Waals surface area contributed by atoms with E-state index >= 15 is 0 Å². The van der Waals surface area contributed by atoms with Crippen LogP contribution in [0.25, 0.3) is 17.0 Å². The fourth-order valence-electron chi connectivity index (χ4n) is 3.47. The van der Waals surface area contributed by atoms with Crippen molar-refractivity contribution in [1.29, 1.82) is 0 Å². The second-order valence-electron chi connectivity index (χ2n) is 7.85. The molecule has 2 heterocycles. The molecule has 0 aliphatic carbocycles. The quantitative estimate of drug-likeness (QED) is 0.245. The van der Waals surface area contributed by atoms with Gasteiger partial charge in [0.05, 0.1) is 10.9 Å². The van der Waals surface area contributed by atoms with E-state index < -0.39 is 23.6 Å². The van der Waals surface area contributed by atoms with E-state index in [1.54, 1.807) is 48.7 Å². The minimum absolute atomic E-state index is 0.155. The molecule has 1 atom stereocenters. The monoisotopic (exact) mass is 484 g/mol. The van der Waals surface area contributed by atoms with Crippen molar-refractivity contribution in [3.63, 3.8) is 0 Å². The number of anilines is 2. The van der Waals surface area contributed by atoms with Crippen LogP contribution in [0.15, 0.2) is 83.8 Å². The van der Waals surface area contributed by atoms with Crippen LogP contribution in [0.5, 0.6) is 0 Å². The van der Waals surface area contributed by atoms with Crippen LogP contribution in [-0.4, -0.2) is 44.6 Å². The minimum atomic E-state index is -1.29. The summed E-state index contributed by atoms with van der Waals surface area (Å²) in [6, 6.07) is 17.5. The van der Waals surface area contributed by atoms with Gasteiger partial charge in [0, 0.05) is 24.8 Å². The molecule has 0 spiro atoms. The van der Waals surface area contributed by atoms with Crippen LogP contribution in [0, 0.1) is 0 Å². The molecule has 4 rings (SSSR count). The maximum Gasteiger partial charge on any atom is 0.326 e. The van der Waals surface area contributed by atoms with Crippen molar-refractivity contribution in [1.82, 2.24) is 20.3 Å². The Morgan fingerprint density at radius 3 is 2.61 bits per heavy atom. The van der Waals surface area contributed by atoms with Crippen molar-refractivity contribution in [3.8, 4) is 0 Å². The number of carbonyl (C=O) groups is 2. The highest BCUT2D eigenvalue weighted by Crippen LogP contribution is 2.13. The number of amides is 2. The summed E-state index contributed by atoms with van der Waals surface area (Å²) < 4.78 is 0. The maximum atomic E-state index is 12.7. The van der Waals surface area contributed by atoms with Gasteiger partial charge in [0.2, 0.25) is 0 Å². The van der Waals surface area contributed by atoms with Gasteiger partial charge in [0.1, 0.15) is 17.7 Å². The van der Waals surface area contributed by atoms with Crippen molar-refractivity contribution in [3.05, 3.63) is 101 Å². The van der Waals surface area contributed by atoms with Gasteiger partial charge in [-0.1, -0.05) is 42.5 Å². The number of aliphatic carboxylic acids is 1. The lowest BCUT2D eigenvalue weighted by atomic mass is 10.1. The minimum Gasteiger partial charge on any atom is -0.480 e. The molecule has 0 fully saturated rings. The maximum absolute atomic E-state index is 12.7. The summed E-state index contributed by atoms with van der Waals surface area (Å²) in [6.45, 7) is 0.560. The summed E-state index contributed by atoms with van der Waals surface area (Å²) in [7, 11) is 0. The molecule has 10 nitrogen and oxygen atoms in total. The zero-order chi connectivity index (χ0) is 25.3. The van der Waals surface area contributed by atoms with Gasteiger partial charge in [-0.25, -0.2) is 19.6 Å². The standard InChI is InChI=1S/C26H24N6O4/c33-24-19-15-17(7-6-14-28-22-10-4-5-13-27-22)11-12-20(19)30-23(32-24)16-21(25(34)35)31-26(36)29-18-8-2-1-3-9-18/h1-13,15,21H,14,16H2,(H,27,28)(H,34,35)(H2,29,31,36)(H,30,32,33). The number of nitrogens with one attached hydrogen (secondary N) is 4. The number of benzene rings is 2. The zero-order valence-corrected chi connectivity index (χ0v) is 19.1. The summed E-state index contributed by atoms with van der Waals surface area (Å²) in [5, 5.41) is 18.1. The smallest absolute Gasteiger partial charge is 0.326 e. The summed E-state index contributed by atoms with van der Waals surface area (Å²) in [5.74, 6) is -0.330. The molecular formula is C26H24N6O4. The molecule has 0 radical (unpaired) electrons. The lowest BCUT2D eigenvalue weighted by Gasteiger charge is -2.15. The molecule has 2 amide bonds. The molecule has 4 aromatic rings. The number of carboxylic acid groups (broad SMARTS) is 1. The van der Waals surface area contributed by atoms with Crippen LogP contribution in [0.1, 0.15) is 11.4 Å². The number of rotatable bonds is 9. The van der Waals surface area contributed by atoms with Crippen LogP contribution in [0.3, 0.4) is 0 Å². The lowest BCUT2D eigenvalue weighted by Crippen LogP contribution is -2.44. The molecular weight excluding hydrogens is 460 g/mol. The molecule has 2 aromatic carbocycles. The number of aromatic amines is 1. The Labute approximate surface area is 206 Å². The molecule has 10 heteroatoms. The molecule has 5 N–H and O–H groups in total. The molecule has 0 saturated heterocycles. The number of hydrogen-bond donors (Lipinski definition) is 5. The van der Waals surface area contributed by atoms with Crippen LogP contribution < -0.4 is 21.5 Å². The Morgan fingerprint density at radius 1 is 1.06 bits per heavy atom. The number of aromatic nitrogens is 3. The van der Waals surface area contributed by atoms with Crippen LogP contribution in [-0.2, 0) is 11.2 Å². The van der Waals surface area contributed by atoms with Gasteiger partial charge < -0.3 is 26.0 Å². The van der Waals surface area contributed by atoms with Crippen molar-refractivity contribution < 1.29 is 14.7 Å². The van der Waals surface area contributed by atoms with E-state index in [4.69, 9.17) is 0 Å². The SMILES string of the molecule is O=C(Nc1ccccc1)NC(Cc1nc2ccc(C=CCNc3ccccn3)cc2c(=O)[nH]1)C(=O)O. The highest BCUT2D eigenvalue weighted by Gasteiger charge is 2.22. The highest BCUT2D eigenvalue weighted by molar-refractivity contribution is 5.92. The molecule has 2 aromatic heterocycles. The average molecular weight is 485 g/mol. The van der Waals surface area contributed by atoms with E-state index in [1.807, 2.05) is 36.4 Å². The van der Waals surface area contributed by atoms with E-state index in [2.05, 4.69) is 30.9 Å². The molecule has 0 bridgehead atoms. The molecule has 1 unspecified atom stereocenters. The van der Waals surface area contributed by atoms with Crippen LogP contribution >= 0.6 is 0 Å². The first-order valence-corrected chi connectivity index (χ1v) is 11.2. The highest BCUT2D eigenvalue weighted by atomic mass is 16.4. The Bertz CT molecular complexity index is 1440. The van der Waals surface area contributed by atoms with Gasteiger partial charge in [-0.05, 0) is 42.0 Å². The number of carbonyl (C=O) groups excluding carboxylic acids is 1. The topological polar surface area (TPSA) is 149 Å². The van der Waals surface area contributed by atoms with Gasteiger partial charge in [-0.2, -0.15) is 0 Å². The predicted octanol–water partition coefficient (Wildman–Crippen LogP) is 3.26. The van der Waals surface area contributed by atoms with Gasteiger partial charge in [-0.15, -0.1) is 0 Å². The van der Waals surface area contributed by atoms with Gasteiger partial charge in [-0.3, -0.25) is 4.79 Å². The second kappa shape index (κ2) is 11.4. The number of hydrogen-bond acceptors (Lipinski definition) is 6. The number of fused-ring (bicyclic) bond motifs is 1. The van der Waals surface area contributed by atoms with E-state index in [1.165, 1.54) is 0 Å². The fraction of sp³-hybridized carbons (Fsp3) is 0.115. The van der Waals surface area contributed by atoms with E-state index in [-0.39, 0.29) is 12.2 Å². The van der Waals surface area contributed by atoms with Crippen LogP contribution in [0.4, 0.5) is 16.3 Å². The summed E-state index contributed by atoms with van der Waals surface area (Å²) in [5.41, 5.74) is 1.37. The van der Waals surface area contributed by atoms with Crippen molar-refractivity contribution in [2.24, 2.45) is 0 Å². The lowest BCUT2D eigenvalue weighted by molar-refractivity contribution is -0.139. The van der Waals surface area contributed by atoms with Crippen LogP contribution in [0.2, 0.25) is 0 Å². The number of urea groups is 1. The Morgan fingerprint density at radius 2 is 1.86 bits per heavy atom. The summed E-state index contributed by atoms with van der Waals surface area (Å²) >= 11 is 0. The molecule has 0 saturated carbocycles. The van der Waals surface area contributed by atoms with Crippen molar-refractivity contribution in [2.45, 2.75) is 12.5 Å². The predicted molar refractivity (Wildman–Crippen MR) is 138 cm³/mol. The largest absolute Gasteiger partial charge is 0.480 e. The number of carboxylic acids is 1. The van der Waals surface area contributed by atoms with Gasteiger partial charge in [0.15, 0.2) is 0 Å². The number of H-pyrrole nitrogens is 1. The third kappa shape index (κ3) is 6.54. The first-order chi connectivity index (χ1) is 17.5.